The van der Waals surface area contributed by atoms with Gasteiger partial charge in [0, 0.05) is 12.1 Å². The summed E-state index contributed by atoms with van der Waals surface area (Å²) in [4.78, 5) is 7.36. The standard InChI is InChI=1S/C22H20N2OS/c25-20-12-11-15-6-1-2-7-16(15)17(20)14-24-13-5-9-19(24)22-23-18-8-3-4-10-21(18)26-22/h1-4,6-8,10-12,19,25H,5,9,13-14H2/t19-/m1/s1. The third-order valence-corrected chi connectivity index (χ3v) is 6.47. The Balaban J connectivity index is 1.51. The average molecular weight is 360 g/mol. The third kappa shape index (κ3) is 2.66. The molecule has 3 nitrogen and oxygen atoms in total. The van der Waals surface area contributed by atoms with Gasteiger partial charge in [-0.2, -0.15) is 0 Å². The number of likely N-dealkylation sites (tertiary alicyclic amines) is 1. The highest BCUT2D eigenvalue weighted by molar-refractivity contribution is 7.18. The van der Waals surface area contributed by atoms with Crippen molar-refractivity contribution in [1.82, 2.24) is 9.88 Å². The molecule has 2 heterocycles. The summed E-state index contributed by atoms with van der Waals surface area (Å²) in [6.45, 7) is 1.80. The predicted molar refractivity (Wildman–Crippen MR) is 108 cm³/mol. The fraction of sp³-hybridized carbons (Fsp3) is 0.227. The number of benzene rings is 3. The molecule has 1 aromatic heterocycles. The number of hydrogen-bond donors (Lipinski definition) is 1. The first-order chi connectivity index (χ1) is 12.8. The molecule has 0 unspecified atom stereocenters. The number of nitrogens with zero attached hydrogens (tertiary/aromatic N) is 2. The minimum atomic E-state index is 0.339. The molecule has 1 N–H and O–H groups in total. The summed E-state index contributed by atoms with van der Waals surface area (Å²) in [5, 5.41) is 14.0. The van der Waals surface area contributed by atoms with E-state index in [4.69, 9.17) is 4.98 Å². The highest BCUT2D eigenvalue weighted by Crippen LogP contribution is 2.39. The maximum Gasteiger partial charge on any atom is 0.120 e. The fourth-order valence-corrected chi connectivity index (χ4v) is 5.16. The Morgan fingerprint density at radius 2 is 1.88 bits per heavy atom. The number of fused-ring (bicyclic) bond motifs is 2. The topological polar surface area (TPSA) is 36.4 Å². The highest BCUT2D eigenvalue weighted by atomic mass is 32.1. The van der Waals surface area contributed by atoms with E-state index in [0.717, 1.165) is 36.0 Å². The van der Waals surface area contributed by atoms with Crippen molar-refractivity contribution in [1.29, 1.82) is 0 Å². The van der Waals surface area contributed by atoms with Gasteiger partial charge < -0.3 is 5.11 Å². The van der Waals surface area contributed by atoms with Crippen LogP contribution in [-0.4, -0.2) is 21.5 Å². The van der Waals surface area contributed by atoms with E-state index in [2.05, 4.69) is 35.2 Å². The molecule has 130 valence electrons. The van der Waals surface area contributed by atoms with Gasteiger partial charge in [0.25, 0.3) is 0 Å². The zero-order valence-electron chi connectivity index (χ0n) is 14.4. The van der Waals surface area contributed by atoms with Crippen LogP contribution < -0.4 is 0 Å². The fourth-order valence-electron chi connectivity index (χ4n) is 4.02. The lowest BCUT2D eigenvalue weighted by atomic mass is 10.0. The van der Waals surface area contributed by atoms with Crippen LogP contribution >= 0.6 is 11.3 Å². The van der Waals surface area contributed by atoms with Crippen LogP contribution in [-0.2, 0) is 6.54 Å². The average Bonchev–Trinajstić information content (AvgIpc) is 3.30. The molecule has 1 atom stereocenters. The second-order valence-electron chi connectivity index (χ2n) is 6.93. The molecule has 0 spiro atoms. The summed E-state index contributed by atoms with van der Waals surface area (Å²) < 4.78 is 1.25. The van der Waals surface area contributed by atoms with E-state index in [1.165, 1.54) is 21.5 Å². The van der Waals surface area contributed by atoms with Gasteiger partial charge in [0.15, 0.2) is 0 Å². The smallest absolute Gasteiger partial charge is 0.120 e. The summed E-state index contributed by atoms with van der Waals surface area (Å²) in [5.74, 6) is 0.388. The van der Waals surface area contributed by atoms with Crippen LogP contribution in [0.4, 0.5) is 0 Å². The zero-order chi connectivity index (χ0) is 17.5. The number of phenols is 1. The van der Waals surface area contributed by atoms with E-state index in [9.17, 15) is 5.11 Å². The molecule has 1 saturated heterocycles. The normalized spacial score (nSPS) is 18.1. The zero-order valence-corrected chi connectivity index (χ0v) is 15.2. The van der Waals surface area contributed by atoms with Crippen molar-refractivity contribution in [2.45, 2.75) is 25.4 Å². The lowest BCUT2D eigenvalue weighted by molar-refractivity contribution is 0.246. The van der Waals surface area contributed by atoms with Crippen molar-refractivity contribution in [2.75, 3.05) is 6.54 Å². The van der Waals surface area contributed by atoms with Crippen LogP contribution in [0.3, 0.4) is 0 Å². The number of thiazole rings is 1. The maximum atomic E-state index is 10.5. The van der Waals surface area contributed by atoms with Crippen molar-refractivity contribution in [3.05, 3.63) is 71.2 Å². The molecule has 26 heavy (non-hydrogen) atoms. The SMILES string of the molecule is Oc1ccc2ccccc2c1CN1CCC[C@@H]1c1nc2ccccc2s1. The van der Waals surface area contributed by atoms with Gasteiger partial charge in [-0.1, -0.05) is 42.5 Å². The number of aromatic hydroxyl groups is 1. The van der Waals surface area contributed by atoms with E-state index in [0.29, 0.717) is 11.8 Å². The van der Waals surface area contributed by atoms with Crippen molar-refractivity contribution >= 4 is 32.3 Å². The minimum absolute atomic E-state index is 0.339. The van der Waals surface area contributed by atoms with Crippen LogP contribution in [0.1, 0.15) is 29.5 Å². The number of hydrogen-bond acceptors (Lipinski definition) is 4. The quantitative estimate of drug-likeness (QED) is 0.525. The van der Waals surface area contributed by atoms with Crippen LogP contribution in [0.5, 0.6) is 5.75 Å². The van der Waals surface area contributed by atoms with Gasteiger partial charge in [0.05, 0.1) is 16.3 Å². The van der Waals surface area contributed by atoms with Crippen molar-refractivity contribution < 1.29 is 5.11 Å². The third-order valence-electron chi connectivity index (χ3n) is 5.34. The monoisotopic (exact) mass is 360 g/mol. The van der Waals surface area contributed by atoms with Gasteiger partial charge in [-0.15, -0.1) is 11.3 Å². The molecule has 1 aliphatic rings. The first-order valence-corrected chi connectivity index (χ1v) is 9.90. The van der Waals surface area contributed by atoms with Crippen molar-refractivity contribution in [3.8, 4) is 5.75 Å². The van der Waals surface area contributed by atoms with Crippen molar-refractivity contribution in [3.63, 3.8) is 0 Å². The number of aromatic nitrogens is 1. The Labute approximate surface area is 156 Å². The number of phenolic OH excluding ortho intramolecular Hbond substituents is 1. The van der Waals surface area contributed by atoms with Crippen molar-refractivity contribution in [2.24, 2.45) is 0 Å². The number of para-hydroxylation sites is 1. The molecule has 4 heteroatoms. The van der Waals surface area contributed by atoms with Crippen LogP contribution in [0, 0.1) is 0 Å². The summed E-state index contributed by atoms with van der Waals surface area (Å²) in [7, 11) is 0. The second kappa shape index (κ2) is 6.38. The molecule has 5 rings (SSSR count). The highest BCUT2D eigenvalue weighted by Gasteiger charge is 2.29. The van der Waals surface area contributed by atoms with Crippen LogP contribution in [0.25, 0.3) is 21.0 Å². The molecular weight excluding hydrogens is 340 g/mol. The Morgan fingerprint density at radius 3 is 2.81 bits per heavy atom. The van der Waals surface area contributed by atoms with Crippen LogP contribution in [0.15, 0.2) is 60.7 Å². The summed E-state index contributed by atoms with van der Waals surface area (Å²) in [5.41, 5.74) is 2.11. The summed E-state index contributed by atoms with van der Waals surface area (Å²) >= 11 is 1.80. The van der Waals surface area contributed by atoms with Gasteiger partial charge in [-0.05, 0) is 48.4 Å². The predicted octanol–water partition coefficient (Wildman–Crippen LogP) is 5.49. The van der Waals surface area contributed by atoms with Gasteiger partial charge >= 0.3 is 0 Å². The summed E-state index contributed by atoms with van der Waals surface area (Å²) in [6, 6.07) is 20.8. The molecule has 0 radical (unpaired) electrons. The van der Waals surface area contributed by atoms with Crippen LogP contribution in [0.2, 0.25) is 0 Å². The Kier molecular flexibility index (Phi) is 3.88. The summed E-state index contributed by atoms with van der Waals surface area (Å²) in [6.07, 6.45) is 2.30. The lowest BCUT2D eigenvalue weighted by Crippen LogP contribution is -2.22. The first kappa shape index (κ1) is 15.8. The van der Waals surface area contributed by atoms with E-state index in [-0.39, 0.29) is 0 Å². The maximum absolute atomic E-state index is 10.5. The molecule has 0 aliphatic carbocycles. The Morgan fingerprint density at radius 1 is 1.04 bits per heavy atom. The molecule has 4 aromatic rings. The Bertz CT molecular complexity index is 1050. The van der Waals surface area contributed by atoms with Gasteiger partial charge in [-0.3, -0.25) is 4.90 Å². The molecule has 3 aromatic carbocycles. The Hall–Kier alpha value is -2.43. The van der Waals surface area contributed by atoms with Gasteiger partial charge in [0.1, 0.15) is 10.8 Å². The van der Waals surface area contributed by atoms with Gasteiger partial charge in [0.2, 0.25) is 0 Å². The molecular formula is C22H20N2OS. The molecule has 1 aliphatic heterocycles. The first-order valence-electron chi connectivity index (χ1n) is 9.09. The largest absolute Gasteiger partial charge is 0.508 e. The lowest BCUT2D eigenvalue weighted by Gasteiger charge is -2.24. The van der Waals surface area contributed by atoms with E-state index < -0.39 is 0 Å². The van der Waals surface area contributed by atoms with E-state index in [1.54, 1.807) is 11.3 Å². The van der Waals surface area contributed by atoms with Gasteiger partial charge in [-0.25, -0.2) is 4.98 Å². The van der Waals surface area contributed by atoms with E-state index in [1.807, 2.05) is 30.3 Å². The number of rotatable bonds is 3. The molecule has 0 amide bonds. The molecule has 0 saturated carbocycles. The minimum Gasteiger partial charge on any atom is -0.508 e. The van der Waals surface area contributed by atoms with E-state index >= 15 is 0 Å². The molecule has 0 bridgehead atoms. The second-order valence-corrected chi connectivity index (χ2v) is 7.99. The molecule has 1 fully saturated rings.